The zero-order valence-corrected chi connectivity index (χ0v) is 14.5. The average molecular weight is 374 g/mol. The second-order valence-corrected chi connectivity index (χ2v) is 7.08. The predicted molar refractivity (Wildman–Crippen MR) is 96.9 cm³/mol. The maximum absolute atomic E-state index is 14.4. The summed E-state index contributed by atoms with van der Waals surface area (Å²) in [5.41, 5.74) is 1.65. The van der Waals surface area contributed by atoms with Gasteiger partial charge >= 0.3 is 0 Å². The van der Waals surface area contributed by atoms with Crippen molar-refractivity contribution < 1.29 is 18.7 Å². The van der Waals surface area contributed by atoms with Crippen LogP contribution in [0.5, 0.6) is 0 Å². The molecule has 1 fully saturated rings. The standard InChI is InChI=1S/C17H15FN4O3S/c18-13-10-12(2-4-15(13)21-5-7-26-8-6-21)19-17(23)11-1-3-14-16(9-11)22(24)25-20-14/h1-4,9-10H,5-8H2,(H,19,23). The van der Waals surface area contributed by atoms with Gasteiger partial charge in [-0.05, 0) is 35.2 Å². The van der Waals surface area contributed by atoms with Crippen LogP contribution in [0.2, 0.25) is 0 Å². The molecule has 26 heavy (non-hydrogen) atoms. The van der Waals surface area contributed by atoms with Gasteiger partial charge in [0.15, 0.2) is 0 Å². The molecule has 4 rings (SSSR count). The van der Waals surface area contributed by atoms with Crippen molar-refractivity contribution in [2.45, 2.75) is 0 Å². The van der Waals surface area contributed by atoms with Crippen LogP contribution in [-0.2, 0) is 0 Å². The van der Waals surface area contributed by atoms with E-state index in [0.717, 1.165) is 24.6 Å². The van der Waals surface area contributed by atoms with Crippen molar-refractivity contribution in [2.75, 3.05) is 34.8 Å². The summed E-state index contributed by atoms with van der Waals surface area (Å²) in [6, 6.07) is 9.07. The van der Waals surface area contributed by atoms with E-state index in [1.807, 2.05) is 16.7 Å². The molecule has 1 aliphatic rings. The molecule has 0 spiro atoms. The number of hydrogen-bond donors (Lipinski definition) is 1. The molecule has 2 aromatic carbocycles. The Balaban J connectivity index is 1.53. The lowest BCUT2D eigenvalue weighted by atomic mass is 10.1. The third-order valence-electron chi connectivity index (χ3n) is 4.20. The first-order chi connectivity index (χ1) is 12.6. The summed E-state index contributed by atoms with van der Waals surface area (Å²) in [7, 11) is 0. The summed E-state index contributed by atoms with van der Waals surface area (Å²) in [5.74, 6) is 1.13. The number of hydrogen-bond acceptors (Lipinski definition) is 6. The summed E-state index contributed by atoms with van der Waals surface area (Å²) >= 11 is 1.85. The number of carbonyl (C=O) groups is 1. The lowest BCUT2D eigenvalue weighted by Gasteiger charge is -2.28. The van der Waals surface area contributed by atoms with E-state index in [2.05, 4.69) is 15.1 Å². The van der Waals surface area contributed by atoms with Crippen LogP contribution in [0.1, 0.15) is 10.4 Å². The van der Waals surface area contributed by atoms with Crippen LogP contribution < -0.4 is 15.1 Å². The van der Waals surface area contributed by atoms with Crippen molar-refractivity contribution in [3.8, 4) is 0 Å². The van der Waals surface area contributed by atoms with Crippen LogP contribution in [-0.4, -0.2) is 35.7 Å². The Morgan fingerprint density at radius 2 is 2.08 bits per heavy atom. The van der Waals surface area contributed by atoms with E-state index in [4.69, 9.17) is 0 Å². The van der Waals surface area contributed by atoms with E-state index in [9.17, 15) is 14.4 Å². The van der Waals surface area contributed by atoms with Crippen LogP contribution in [0.25, 0.3) is 11.0 Å². The number of benzene rings is 2. The van der Waals surface area contributed by atoms with Gasteiger partial charge in [-0.25, -0.2) is 4.39 Å². The monoisotopic (exact) mass is 374 g/mol. The first kappa shape index (κ1) is 16.6. The molecular formula is C17H15FN4O3S. The predicted octanol–water partition coefficient (Wildman–Crippen LogP) is 2.41. The number of halogens is 1. The van der Waals surface area contributed by atoms with E-state index >= 15 is 0 Å². The highest BCUT2D eigenvalue weighted by Crippen LogP contribution is 2.25. The van der Waals surface area contributed by atoms with Gasteiger partial charge in [0, 0.05) is 47.1 Å². The average Bonchev–Trinajstić information content (AvgIpc) is 3.03. The highest BCUT2D eigenvalue weighted by molar-refractivity contribution is 7.99. The second-order valence-electron chi connectivity index (χ2n) is 5.85. The van der Waals surface area contributed by atoms with E-state index in [1.54, 1.807) is 12.1 Å². The van der Waals surface area contributed by atoms with Crippen LogP contribution in [0.3, 0.4) is 0 Å². The van der Waals surface area contributed by atoms with E-state index in [0.29, 0.717) is 16.9 Å². The summed E-state index contributed by atoms with van der Waals surface area (Å²) in [4.78, 5) is 14.6. The molecule has 1 saturated heterocycles. The fourth-order valence-corrected chi connectivity index (χ4v) is 3.76. The highest BCUT2D eigenvalue weighted by atomic mass is 32.2. The Kier molecular flexibility index (Phi) is 4.37. The molecule has 0 saturated carbocycles. The number of fused-ring (bicyclic) bond motifs is 1. The number of amides is 1. The summed E-state index contributed by atoms with van der Waals surface area (Å²) in [6.45, 7) is 1.61. The summed E-state index contributed by atoms with van der Waals surface area (Å²) in [5, 5.41) is 17.6. The first-order valence-corrected chi connectivity index (χ1v) is 9.20. The van der Waals surface area contributed by atoms with Crippen molar-refractivity contribution in [3.63, 3.8) is 0 Å². The topological polar surface area (TPSA) is 85.3 Å². The maximum atomic E-state index is 14.4. The molecule has 1 N–H and O–H groups in total. The zero-order valence-electron chi connectivity index (χ0n) is 13.6. The molecule has 0 unspecified atom stereocenters. The Hall–Kier alpha value is -2.81. The molecule has 9 heteroatoms. The van der Waals surface area contributed by atoms with Gasteiger partial charge in [-0.1, -0.05) is 0 Å². The van der Waals surface area contributed by atoms with Crippen molar-refractivity contribution in [3.05, 3.63) is 53.0 Å². The third kappa shape index (κ3) is 3.17. The van der Waals surface area contributed by atoms with Gasteiger partial charge in [0.05, 0.1) is 5.69 Å². The molecule has 0 radical (unpaired) electrons. The molecule has 1 aliphatic heterocycles. The lowest BCUT2D eigenvalue weighted by molar-refractivity contribution is -0.782. The number of thioether (sulfide) groups is 1. The van der Waals surface area contributed by atoms with Crippen LogP contribution in [0, 0.1) is 11.0 Å². The number of aromatic nitrogens is 2. The van der Waals surface area contributed by atoms with Crippen LogP contribution in [0.15, 0.2) is 41.0 Å². The zero-order chi connectivity index (χ0) is 18.1. The summed E-state index contributed by atoms with van der Waals surface area (Å²) < 4.78 is 18.9. The summed E-state index contributed by atoms with van der Waals surface area (Å²) in [6.07, 6.45) is 0. The van der Waals surface area contributed by atoms with Crippen molar-refractivity contribution in [1.82, 2.24) is 5.16 Å². The van der Waals surface area contributed by atoms with Gasteiger partial charge in [0.2, 0.25) is 11.0 Å². The molecule has 0 aliphatic carbocycles. The number of anilines is 2. The minimum Gasteiger partial charge on any atom is -0.368 e. The van der Waals surface area contributed by atoms with Gasteiger partial charge in [0.1, 0.15) is 5.82 Å². The van der Waals surface area contributed by atoms with Crippen molar-refractivity contribution >= 4 is 40.1 Å². The Labute approximate surface area is 152 Å². The number of nitrogens with one attached hydrogen (secondary N) is 1. The Bertz CT molecular complexity index is 972. The quantitative estimate of drug-likeness (QED) is 0.709. The van der Waals surface area contributed by atoms with E-state index in [1.165, 1.54) is 24.3 Å². The van der Waals surface area contributed by atoms with Gasteiger partial charge in [-0.15, -0.1) is 0 Å². The van der Waals surface area contributed by atoms with E-state index < -0.39 is 5.91 Å². The van der Waals surface area contributed by atoms with Gasteiger partial charge < -0.3 is 15.4 Å². The fraction of sp³-hybridized carbons (Fsp3) is 0.235. The van der Waals surface area contributed by atoms with Crippen molar-refractivity contribution in [1.29, 1.82) is 0 Å². The van der Waals surface area contributed by atoms with Crippen molar-refractivity contribution in [2.24, 2.45) is 0 Å². The fourth-order valence-electron chi connectivity index (χ4n) is 2.86. The molecule has 0 bridgehead atoms. The normalized spacial score (nSPS) is 14.6. The van der Waals surface area contributed by atoms with Gasteiger partial charge in [-0.3, -0.25) is 9.42 Å². The molecular weight excluding hydrogens is 359 g/mol. The second kappa shape index (κ2) is 6.83. The SMILES string of the molecule is O=C(Nc1ccc(N2CCSCC2)c(F)c1)c1ccc2no[n+]([O-])c2c1. The maximum Gasteiger partial charge on any atom is 0.255 e. The lowest BCUT2D eigenvalue weighted by Crippen LogP contribution is -2.33. The third-order valence-corrected chi connectivity index (χ3v) is 5.15. The van der Waals surface area contributed by atoms with Gasteiger partial charge in [-0.2, -0.15) is 11.8 Å². The molecule has 2 heterocycles. The molecule has 7 nitrogen and oxygen atoms in total. The Morgan fingerprint density at radius 3 is 2.85 bits per heavy atom. The molecule has 0 atom stereocenters. The van der Waals surface area contributed by atoms with Crippen LogP contribution in [0.4, 0.5) is 15.8 Å². The molecule has 134 valence electrons. The highest BCUT2D eigenvalue weighted by Gasteiger charge is 2.17. The number of nitrogens with zero attached hydrogens (tertiary/aromatic N) is 3. The van der Waals surface area contributed by atoms with Crippen LogP contribution >= 0.6 is 11.8 Å². The number of rotatable bonds is 3. The molecule has 1 amide bonds. The number of carbonyl (C=O) groups excluding carboxylic acids is 1. The minimum absolute atomic E-state index is 0.155. The smallest absolute Gasteiger partial charge is 0.255 e. The minimum atomic E-state index is -0.449. The molecule has 1 aromatic heterocycles. The largest absolute Gasteiger partial charge is 0.368 e. The van der Waals surface area contributed by atoms with Gasteiger partial charge in [0.25, 0.3) is 5.91 Å². The Morgan fingerprint density at radius 1 is 1.27 bits per heavy atom. The molecule has 3 aromatic rings. The first-order valence-electron chi connectivity index (χ1n) is 8.05. The van der Waals surface area contributed by atoms with E-state index in [-0.39, 0.29) is 21.8 Å².